The molecule has 3 unspecified atom stereocenters. The van der Waals surface area contributed by atoms with E-state index < -0.39 is 0 Å². The number of nitrogens with zero attached hydrogens (tertiary/aromatic N) is 1. The van der Waals surface area contributed by atoms with Crippen LogP contribution in [0.2, 0.25) is 0 Å². The molecule has 0 radical (unpaired) electrons. The zero-order valence-corrected chi connectivity index (χ0v) is 15.9. The minimum Gasteiger partial charge on any atom is -0.491 e. The lowest BCUT2D eigenvalue weighted by atomic mass is 9.77. The second-order valence-corrected chi connectivity index (χ2v) is 8.16. The van der Waals surface area contributed by atoms with Crippen molar-refractivity contribution in [3.05, 3.63) is 40.0 Å². The Hall–Kier alpha value is -2.08. The fraction of sp³-hybridized carbons (Fsp3) is 0.619. The van der Waals surface area contributed by atoms with Crippen molar-refractivity contribution in [2.75, 3.05) is 6.61 Å². The lowest BCUT2D eigenvalue weighted by Crippen LogP contribution is -2.48. The van der Waals surface area contributed by atoms with Gasteiger partial charge < -0.3 is 14.7 Å². The summed E-state index contributed by atoms with van der Waals surface area (Å²) < 4.78 is 6.01. The summed E-state index contributed by atoms with van der Waals surface area (Å²) in [7, 11) is 0. The van der Waals surface area contributed by atoms with Gasteiger partial charge in [-0.15, -0.1) is 0 Å². The van der Waals surface area contributed by atoms with Crippen LogP contribution >= 0.6 is 0 Å². The van der Waals surface area contributed by atoms with Gasteiger partial charge in [0.05, 0.1) is 12.2 Å². The molecule has 2 heterocycles. The maximum absolute atomic E-state index is 11.4. The number of carbonyl (C=O) groups is 1. The van der Waals surface area contributed by atoms with Crippen molar-refractivity contribution in [2.45, 2.75) is 64.0 Å². The molecular weight excluding hydrogens is 342 g/mol. The number of H-pyrrole nitrogens is 1. The number of hydrogen-bond acceptors (Lipinski definition) is 5. The second-order valence-electron chi connectivity index (χ2n) is 8.16. The second kappa shape index (κ2) is 7.89. The number of hydrazine groups is 1. The Labute approximate surface area is 159 Å². The highest BCUT2D eigenvalue weighted by Crippen LogP contribution is 2.41. The molecule has 1 aromatic rings. The Kier molecular flexibility index (Phi) is 5.34. The first-order chi connectivity index (χ1) is 13.2. The van der Waals surface area contributed by atoms with Gasteiger partial charge in [-0.1, -0.05) is 12.8 Å². The topological polar surface area (TPSA) is 74.4 Å². The van der Waals surface area contributed by atoms with Crippen LogP contribution in [0.25, 0.3) is 0 Å². The van der Waals surface area contributed by atoms with Gasteiger partial charge in [0.1, 0.15) is 5.75 Å². The standard InChI is InChI=1S/C21H29N3O3/c1-14-9-19(24(23-14)17-6-4-7-17)18-8-3-2-5-15(18)13-27-20-11-22-21(26)10-16(20)12-25/h9-12,14-15,17-18,23H,2-8,13H2,1H3,(H,22,26). The van der Waals surface area contributed by atoms with Crippen molar-refractivity contribution in [1.82, 2.24) is 15.4 Å². The summed E-state index contributed by atoms with van der Waals surface area (Å²) >= 11 is 0. The van der Waals surface area contributed by atoms with Crippen molar-refractivity contribution in [1.29, 1.82) is 0 Å². The number of nitrogens with one attached hydrogen (secondary N) is 2. The Morgan fingerprint density at radius 1 is 1.22 bits per heavy atom. The highest BCUT2D eigenvalue weighted by atomic mass is 16.5. The molecule has 0 bridgehead atoms. The Balaban J connectivity index is 1.48. The average molecular weight is 371 g/mol. The van der Waals surface area contributed by atoms with Crippen LogP contribution in [0.3, 0.4) is 0 Å². The van der Waals surface area contributed by atoms with Gasteiger partial charge in [-0.05, 0) is 45.1 Å². The van der Waals surface area contributed by atoms with Crippen LogP contribution in [0, 0.1) is 11.8 Å². The van der Waals surface area contributed by atoms with Crippen molar-refractivity contribution in [3.8, 4) is 5.75 Å². The van der Waals surface area contributed by atoms with Crippen LogP contribution in [-0.4, -0.2) is 35.0 Å². The van der Waals surface area contributed by atoms with E-state index in [4.69, 9.17) is 4.74 Å². The minimum absolute atomic E-state index is 0.285. The van der Waals surface area contributed by atoms with Crippen LogP contribution < -0.4 is 15.7 Å². The van der Waals surface area contributed by atoms with Crippen molar-refractivity contribution >= 4 is 6.29 Å². The number of aromatic nitrogens is 1. The van der Waals surface area contributed by atoms with Crippen LogP contribution in [0.1, 0.15) is 62.2 Å². The van der Waals surface area contributed by atoms with Gasteiger partial charge in [0.15, 0.2) is 6.29 Å². The molecule has 146 valence electrons. The number of allylic oxidation sites excluding steroid dienone is 1. The van der Waals surface area contributed by atoms with E-state index in [1.54, 1.807) is 0 Å². The summed E-state index contributed by atoms with van der Waals surface area (Å²) in [4.78, 5) is 25.3. The van der Waals surface area contributed by atoms with E-state index >= 15 is 0 Å². The third-order valence-corrected chi connectivity index (χ3v) is 6.27. The first-order valence-electron chi connectivity index (χ1n) is 10.2. The van der Waals surface area contributed by atoms with Gasteiger partial charge in [-0.2, -0.15) is 0 Å². The smallest absolute Gasteiger partial charge is 0.248 e. The monoisotopic (exact) mass is 371 g/mol. The first kappa shape index (κ1) is 18.3. The third-order valence-electron chi connectivity index (χ3n) is 6.27. The van der Waals surface area contributed by atoms with Gasteiger partial charge in [0.2, 0.25) is 5.56 Å². The quantitative estimate of drug-likeness (QED) is 0.752. The van der Waals surface area contributed by atoms with E-state index in [-0.39, 0.29) is 5.56 Å². The molecular formula is C21H29N3O3. The lowest BCUT2D eigenvalue weighted by Gasteiger charge is -2.43. The molecule has 2 saturated carbocycles. The number of carbonyl (C=O) groups excluding carboxylic acids is 1. The van der Waals surface area contributed by atoms with Crippen molar-refractivity contribution in [3.63, 3.8) is 0 Å². The summed E-state index contributed by atoms with van der Waals surface area (Å²) in [5.41, 5.74) is 5.11. The molecule has 27 heavy (non-hydrogen) atoms. The van der Waals surface area contributed by atoms with Crippen molar-refractivity contribution < 1.29 is 9.53 Å². The van der Waals surface area contributed by atoms with E-state index in [0.29, 0.717) is 48.1 Å². The molecule has 2 fully saturated rings. The summed E-state index contributed by atoms with van der Waals surface area (Å²) in [5, 5.41) is 2.44. The fourth-order valence-electron chi connectivity index (χ4n) is 4.62. The molecule has 1 aromatic heterocycles. The summed E-state index contributed by atoms with van der Waals surface area (Å²) in [6.07, 6.45) is 13.2. The van der Waals surface area contributed by atoms with E-state index in [2.05, 4.69) is 28.4 Å². The predicted octanol–water partition coefficient (Wildman–Crippen LogP) is 3.02. The van der Waals surface area contributed by atoms with Crippen LogP contribution in [0.4, 0.5) is 0 Å². The molecule has 4 rings (SSSR count). The molecule has 2 N–H and O–H groups in total. The van der Waals surface area contributed by atoms with Crippen LogP contribution in [0.5, 0.6) is 5.75 Å². The maximum Gasteiger partial charge on any atom is 0.248 e. The van der Waals surface area contributed by atoms with Crippen molar-refractivity contribution in [2.24, 2.45) is 11.8 Å². The molecule has 0 aromatic carbocycles. The fourth-order valence-corrected chi connectivity index (χ4v) is 4.62. The van der Waals surface area contributed by atoms with E-state index in [0.717, 1.165) is 6.42 Å². The van der Waals surface area contributed by atoms with Gasteiger partial charge in [-0.25, -0.2) is 5.43 Å². The van der Waals surface area contributed by atoms with Gasteiger partial charge in [-0.3, -0.25) is 9.59 Å². The molecule has 0 amide bonds. The highest BCUT2D eigenvalue weighted by molar-refractivity contribution is 5.78. The Morgan fingerprint density at radius 3 is 2.78 bits per heavy atom. The number of hydrogen-bond donors (Lipinski definition) is 2. The number of aromatic amines is 1. The molecule has 0 saturated heterocycles. The number of rotatable bonds is 6. The lowest BCUT2D eigenvalue weighted by molar-refractivity contribution is 0.0782. The van der Waals surface area contributed by atoms with Gasteiger partial charge in [0.25, 0.3) is 0 Å². The molecule has 0 spiro atoms. The number of aldehydes is 1. The highest BCUT2D eigenvalue weighted by Gasteiger charge is 2.38. The van der Waals surface area contributed by atoms with E-state index in [1.807, 2.05) is 0 Å². The molecule has 1 aliphatic heterocycles. The van der Waals surface area contributed by atoms with Crippen LogP contribution in [-0.2, 0) is 0 Å². The maximum atomic E-state index is 11.4. The number of pyridine rings is 1. The molecule has 6 heteroatoms. The first-order valence-corrected chi connectivity index (χ1v) is 10.2. The molecule has 2 aliphatic carbocycles. The minimum atomic E-state index is -0.285. The largest absolute Gasteiger partial charge is 0.491 e. The third kappa shape index (κ3) is 3.81. The van der Waals surface area contributed by atoms with Gasteiger partial charge in [0, 0.05) is 41.9 Å². The normalized spacial score (nSPS) is 28.6. The number of ether oxygens (including phenoxy) is 1. The average Bonchev–Trinajstić information content (AvgIpc) is 3.00. The zero-order valence-electron chi connectivity index (χ0n) is 15.9. The summed E-state index contributed by atoms with van der Waals surface area (Å²) in [6, 6.07) is 2.31. The van der Waals surface area contributed by atoms with E-state index in [1.165, 1.54) is 56.5 Å². The Bertz CT molecular complexity index is 768. The Morgan fingerprint density at radius 2 is 2.04 bits per heavy atom. The molecule has 6 nitrogen and oxygen atoms in total. The summed E-state index contributed by atoms with van der Waals surface area (Å²) in [5.74, 6) is 1.38. The van der Waals surface area contributed by atoms with Crippen LogP contribution in [0.15, 0.2) is 28.8 Å². The predicted molar refractivity (Wildman–Crippen MR) is 104 cm³/mol. The SMILES string of the molecule is CC1C=C(C2CCCCC2COc2c[nH]c(=O)cc2C=O)N(C2CCC2)N1. The zero-order chi connectivity index (χ0) is 18.8. The summed E-state index contributed by atoms with van der Waals surface area (Å²) in [6.45, 7) is 2.78. The molecule has 3 atom stereocenters. The molecule has 3 aliphatic rings. The van der Waals surface area contributed by atoms with E-state index in [9.17, 15) is 9.59 Å². The van der Waals surface area contributed by atoms with Gasteiger partial charge >= 0.3 is 0 Å².